The Kier molecular flexibility index (Phi) is 7.34. The number of aromatic amines is 1. The van der Waals surface area contributed by atoms with Crippen LogP contribution in [0.3, 0.4) is 0 Å². The quantitative estimate of drug-likeness (QED) is 0.322. The van der Waals surface area contributed by atoms with Crippen molar-refractivity contribution in [2.45, 2.75) is 63.3 Å². The average Bonchev–Trinajstić information content (AvgIpc) is 3.76. The van der Waals surface area contributed by atoms with E-state index in [0.29, 0.717) is 41.5 Å². The minimum absolute atomic E-state index is 0.0437. The molecule has 4 aromatic rings. The highest BCUT2D eigenvalue weighted by Crippen LogP contribution is 2.36. The molecule has 0 radical (unpaired) electrons. The molecular formula is C28H34N6O5. The predicted molar refractivity (Wildman–Crippen MR) is 143 cm³/mol. The molecule has 206 valence electrons. The van der Waals surface area contributed by atoms with E-state index in [1.54, 1.807) is 26.5 Å². The number of benzene rings is 1. The van der Waals surface area contributed by atoms with Crippen molar-refractivity contribution in [3.05, 3.63) is 64.1 Å². The molecule has 0 bridgehead atoms. The Morgan fingerprint density at radius 1 is 1.13 bits per heavy atom. The first-order chi connectivity index (χ1) is 19.1. The molecule has 2 fully saturated rings. The van der Waals surface area contributed by atoms with Crippen molar-refractivity contribution >= 4 is 10.9 Å². The van der Waals surface area contributed by atoms with Gasteiger partial charge in [-0.1, -0.05) is 12.8 Å². The summed E-state index contributed by atoms with van der Waals surface area (Å²) in [5, 5.41) is 13.9. The largest absolute Gasteiger partial charge is 0.493 e. The molecule has 4 heterocycles. The summed E-state index contributed by atoms with van der Waals surface area (Å²) in [5.74, 6) is 2.58. The number of hydrogen-bond donors (Lipinski definition) is 1. The van der Waals surface area contributed by atoms with Crippen LogP contribution in [0.1, 0.15) is 67.8 Å². The summed E-state index contributed by atoms with van der Waals surface area (Å²) >= 11 is 0. The first kappa shape index (κ1) is 25.6. The third-order valence-electron chi connectivity index (χ3n) is 7.87. The minimum Gasteiger partial charge on any atom is -0.493 e. The number of pyridine rings is 1. The third-order valence-corrected chi connectivity index (χ3v) is 7.87. The molecule has 3 aromatic heterocycles. The number of nitrogens with zero attached hydrogens (tertiary/aromatic N) is 5. The lowest BCUT2D eigenvalue weighted by atomic mass is 10.0. The van der Waals surface area contributed by atoms with E-state index in [9.17, 15) is 4.79 Å². The van der Waals surface area contributed by atoms with Crippen molar-refractivity contribution in [2.75, 3.05) is 27.4 Å². The van der Waals surface area contributed by atoms with E-state index in [1.165, 1.54) is 0 Å². The van der Waals surface area contributed by atoms with E-state index in [4.69, 9.17) is 18.6 Å². The second-order valence-corrected chi connectivity index (χ2v) is 10.3. The van der Waals surface area contributed by atoms with Gasteiger partial charge >= 0.3 is 0 Å². The van der Waals surface area contributed by atoms with Gasteiger partial charge in [0.2, 0.25) is 0 Å². The number of fused-ring (bicyclic) bond motifs is 1. The van der Waals surface area contributed by atoms with Gasteiger partial charge in [0.1, 0.15) is 11.8 Å². The SMILES string of the molecule is COc1cc2cc([C@@H](c3nnnn3C3CCCC3)N(Cc3ccco3)C[C@H]3CCCO3)c(=O)[nH]c2cc1OC. The Morgan fingerprint density at radius 3 is 2.67 bits per heavy atom. The first-order valence-corrected chi connectivity index (χ1v) is 13.6. The molecule has 1 saturated carbocycles. The third kappa shape index (κ3) is 5.16. The highest BCUT2D eigenvalue weighted by atomic mass is 16.5. The molecule has 0 spiro atoms. The number of methoxy groups -OCH3 is 2. The number of nitrogens with one attached hydrogen (secondary N) is 1. The molecule has 1 N–H and O–H groups in total. The Labute approximate surface area is 226 Å². The van der Waals surface area contributed by atoms with Crippen LogP contribution in [0.4, 0.5) is 0 Å². The molecule has 1 aromatic carbocycles. The van der Waals surface area contributed by atoms with Gasteiger partial charge in [0.15, 0.2) is 17.3 Å². The fraction of sp³-hybridized carbons (Fsp3) is 0.500. The number of ether oxygens (including phenoxy) is 3. The molecule has 6 rings (SSSR count). The van der Waals surface area contributed by atoms with Crippen LogP contribution in [0.2, 0.25) is 0 Å². The lowest BCUT2D eigenvalue weighted by Gasteiger charge is -2.32. The van der Waals surface area contributed by atoms with E-state index < -0.39 is 6.04 Å². The van der Waals surface area contributed by atoms with Crippen LogP contribution in [-0.4, -0.2) is 63.6 Å². The van der Waals surface area contributed by atoms with Crippen molar-refractivity contribution in [3.8, 4) is 11.5 Å². The van der Waals surface area contributed by atoms with Gasteiger partial charge in [-0.25, -0.2) is 4.68 Å². The van der Waals surface area contributed by atoms with Gasteiger partial charge in [-0.15, -0.1) is 5.10 Å². The maximum atomic E-state index is 13.8. The predicted octanol–water partition coefficient (Wildman–Crippen LogP) is 4.01. The zero-order valence-electron chi connectivity index (χ0n) is 22.3. The lowest BCUT2D eigenvalue weighted by molar-refractivity contribution is 0.0541. The van der Waals surface area contributed by atoms with Crippen LogP contribution in [-0.2, 0) is 11.3 Å². The monoisotopic (exact) mass is 534 g/mol. The van der Waals surface area contributed by atoms with E-state index in [1.807, 2.05) is 28.9 Å². The maximum Gasteiger partial charge on any atom is 0.253 e. The van der Waals surface area contributed by atoms with Gasteiger partial charge < -0.3 is 23.6 Å². The van der Waals surface area contributed by atoms with Crippen LogP contribution in [0.25, 0.3) is 10.9 Å². The smallest absolute Gasteiger partial charge is 0.253 e. The van der Waals surface area contributed by atoms with Crippen LogP contribution in [0, 0.1) is 0 Å². The topological polar surface area (TPSA) is 121 Å². The van der Waals surface area contributed by atoms with E-state index in [2.05, 4.69) is 25.4 Å². The molecule has 11 heteroatoms. The summed E-state index contributed by atoms with van der Waals surface area (Å²) in [6.07, 6.45) is 7.99. The first-order valence-electron chi connectivity index (χ1n) is 13.6. The Balaban J connectivity index is 1.51. The Morgan fingerprint density at radius 2 is 1.95 bits per heavy atom. The molecule has 0 amide bonds. The summed E-state index contributed by atoms with van der Waals surface area (Å²) in [4.78, 5) is 19.1. The highest BCUT2D eigenvalue weighted by molar-refractivity contribution is 5.83. The fourth-order valence-electron chi connectivity index (χ4n) is 5.96. The fourth-order valence-corrected chi connectivity index (χ4v) is 5.96. The van der Waals surface area contributed by atoms with Crippen molar-refractivity contribution in [2.24, 2.45) is 0 Å². The number of aromatic nitrogens is 5. The van der Waals surface area contributed by atoms with Gasteiger partial charge in [-0.05, 0) is 60.4 Å². The van der Waals surface area contributed by atoms with Crippen molar-refractivity contribution in [3.63, 3.8) is 0 Å². The molecule has 1 aliphatic carbocycles. The second kappa shape index (κ2) is 11.2. The van der Waals surface area contributed by atoms with E-state index in [-0.39, 0.29) is 17.7 Å². The lowest BCUT2D eigenvalue weighted by Crippen LogP contribution is -2.39. The van der Waals surface area contributed by atoms with Gasteiger partial charge in [-0.2, -0.15) is 0 Å². The molecule has 2 aliphatic rings. The number of hydrogen-bond acceptors (Lipinski definition) is 9. The molecule has 0 unspecified atom stereocenters. The molecule has 39 heavy (non-hydrogen) atoms. The van der Waals surface area contributed by atoms with Crippen molar-refractivity contribution in [1.29, 1.82) is 0 Å². The normalized spacial score (nSPS) is 18.8. The molecule has 1 saturated heterocycles. The van der Waals surface area contributed by atoms with Gasteiger partial charge in [-0.3, -0.25) is 9.69 Å². The Hall–Kier alpha value is -3.70. The van der Waals surface area contributed by atoms with Crippen molar-refractivity contribution < 1.29 is 18.6 Å². The molecule has 11 nitrogen and oxygen atoms in total. The highest BCUT2D eigenvalue weighted by Gasteiger charge is 2.35. The molecule has 2 atom stereocenters. The van der Waals surface area contributed by atoms with Gasteiger partial charge in [0.05, 0.1) is 44.7 Å². The molecule has 1 aliphatic heterocycles. The van der Waals surface area contributed by atoms with Crippen LogP contribution >= 0.6 is 0 Å². The van der Waals surface area contributed by atoms with E-state index >= 15 is 0 Å². The zero-order chi connectivity index (χ0) is 26.8. The standard InChI is InChI=1S/C28H34N6O5/c1-36-24-14-18-13-22(28(35)29-23(18)15-25(24)37-2)26(27-30-31-32-34(27)19-7-3-4-8-19)33(16-20-9-5-11-38-20)17-21-10-6-12-39-21/h5,9,11,13-15,19,21,26H,3-4,6-8,10,12,16-17H2,1-2H3,(H,29,35)/t21-,26+/m1/s1. The summed E-state index contributed by atoms with van der Waals surface area (Å²) < 4.78 is 24.7. The maximum absolute atomic E-state index is 13.8. The van der Waals surface area contributed by atoms with E-state index in [0.717, 1.165) is 56.3 Å². The van der Waals surface area contributed by atoms with Crippen LogP contribution in [0.5, 0.6) is 11.5 Å². The average molecular weight is 535 g/mol. The number of rotatable bonds is 10. The van der Waals surface area contributed by atoms with Crippen LogP contribution in [0.15, 0.2) is 45.8 Å². The summed E-state index contributed by atoms with van der Waals surface area (Å²) in [7, 11) is 3.17. The van der Waals surface area contributed by atoms with Crippen molar-refractivity contribution in [1.82, 2.24) is 30.1 Å². The Bertz CT molecular complexity index is 1450. The molecular weight excluding hydrogens is 500 g/mol. The second-order valence-electron chi connectivity index (χ2n) is 10.3. The van der Waals surface area contributed by atoms with Crippen LogP contribution < -0.4 is 15.0 Å². The summed E-state index contributed by atoms with van der Waals surface area (Å²) in [6, 6.07) is 9.07. The number of tetrazole rings is 1. The zero-order valence-corrected chi connectivity index (χ0v) is 22.3. The summed E-state index contributed by atoms with van der Waals surface area (Å²) in [5.41, 5.74) is 0.998. The summed E-state index contributed by atoms with van der Waals surface area (Å²) in [6.45, 7) is 1.81. The minimum atomic E-state index is -0.531. The number of furan rings is 1. The number of H-pyrrole nitrogens is 1. The van der Waals surface area contributed by atoms with Gasteiger partial charge in [0.25, 0.3) is 5.56 Å². The van der Waals surface area contributed by atoms with Gasteiger partial charge in [0, 0.05) is 30.2 Å².